The fourth-order valence-corrected chi connectivity index (χ4v) is 4.43. The van der Waals surface area contributed by atoms with Gasteiger partial charge in [0.25, 0.3) is 0 Å². The van der Waals surface area contributed by atoms with Crippen LogP contribution in [0.1, 0.15) is 24.0 Å². The molecule has 0 atom stereocenters. The number of H-pyrrole nitrogens is 1. The number of anilines is 1. The van der Waals surface area contributed by atoms with E-state index in [1.807, 2.05) is 18.2 Å². The van der Waals surface area contributed by atoms with Crippen molar-refractivity contribution in [3.05, 3.63) is 90.0 Å². The fraction of sp³-hybridized carbons (Fsp3) is 0.222. The molecule has 1 fully saturated rings. The molecule has 0 spiro atoms. The molecule has 0 amide bonds. The van der Waals surface area contributed by atoms with Gasteiger partial charge in [0.05, 0.1) is 11.6 Å². The lowest BCUT2D eigenvalue weighted by molar-refractivity contribution is 0.414. The summed E-state index contributed by atoms with van der Waals surface area (Å²) in [5.74, 6) is 0. The lowest BCUT2D eigenvalue weighted by Crippen LogP contribution is -2.42. The summed E-state index contributed by atoms with van der Waals surface area (Å²) in [5.41, 5.74) is 6.64. The van der Waals surface area contributed by atoms with Crippen LogP contribution >= 0.6 is 0 Å². The fourth-order valence-electron chi connectivity index (χ4n) is 4.43. The normalized spacial score (nSPS) is 14.6. The van der Waals surface area contributed by atoms with Crippen LogP contribution < -0.4 is 10.2 Å². The van der Waals surface area contributed by atoms with E-state index >= 15 is 0 Å². The van der Waals surface area contributed by atoms with Crippen molar-refractivity contribution < 1.29 is 0 Å². The average Bonchev–Trinajstić information content (AvgIpc) is 3.27. The van der Waals surface area contributed by atoms with E-state index in [1.165, 1.54) is 16.8 Å². The van der Waals surface area contributed by atoms with Crippen molar-refractivity contribution in [1.29, 1.82) is 5.26 Å². The summed E-state index contributed by atoms with van der Waals surface area (Å²) in [6.07, 6.45) is 2.31. The molecule has 5 rings (SSSR count). The highest BCUT2D eigenvalue weighted by atomic mass is 15.1. The molecule has 0 saturated carbocycles. The minimum atomic E-state index is 0.572. The van der Waals surface area contributed by atoms with Crippen LogP contribution in [0.5, 0.6) is 0 Å². The van der Waals surface area contributed by atoms with Gasteiger partial charge in [-0.1, -0.05) is 42.5 Å². The summed E-state index contributed by atoms with van der Waals surface area (Å²) in [5, 5.41) is 13.9. The highest BCUT2D eigenvalue weighted by molar-refractivity contribution is 5.87. The lowest BCUT2D eigenvalue weighted by Gasteiger charge is -2.34. The van der Waals surface area contributed by atoms with Gasteiger partial charge in [-0.25, -0.2) is 0 Å². The first-order valence-electron chi connectivity index (χ1n) is 10.9. The van der Waals surface area contributed by atoms with Gasteiger partial charge in [0.1, 0.15) is 0 Å². The largest absolute Gasteiger partial charge is 0.371 e. The molecule has 1 aliphatic rings. The molecular formula is C27H26N4. The minimum Gasteiger partial charge on any atom is -0.371 e. The molecule has 1 aliphatic heterocycles. The maximum atomic E-state index is 9.14. The Morgan fingerprint density at radius 3 is 2.58 bits per heavy atom. The SMILES string of the molecule is N#Cc1ccc2[nH]c(-c3cccc(N4CCC(NCc5ccccc5)CC4)c3)cc2c1. The van der Waals surface area contributed by atoms with Crippen molar-refractivity contribution in [2.24, 2.45) is 0 Å². The van der Waals surface area contributed by atoms with Crippen molar-refractivity contribution in [2.75, 3.05) is 18.0 Å². The summed E-state index contributed by atoms with van der Waals surface area (Å²) < 4.78 is 0. The standard InChI is InChI=1S/C27H26N4/c28-18-21-9-10-26-23(15-21)17-27(30-26)22-7-4-8-25(16-22)31-13-11-24(12-14-31)29-19-20-5-2-1-3-6-20/h1-10,15-17,24,29-30H,11-14,19H2. The highest BCUT2D eigenvalue weighted by Crippen LogP contribution is 2.29. The molecule has 2 heterocycles. The van der Waals surface area contributed by atoms with E-state index in [0.29, 0.717) is 11.6 Å². The molecule has 1 saturated heterocycles. The Bertz CT molecular complexity index is 1210. The zero-order valence-electron chi connectivity index (χ0n) is 17.5. The number of nitrogens with zero attached hydrogens (tertiary/aromatic N) is 2. The van der Waals surface area contributed by atoms with Gasteiger partial charge in [0.2, 0.25) is 0 Å². The summed E-state index contributed by atoms with van der Waals surface area (Å²) >= 11 is 0. The van der Waals surface area contributed by atoms with E-state index in [1.54, 1.807) is 0 Å². The average molecular weight is 407 g/mol. The summed E-state index contributed by atoms with van der Waals surface area (Å²) in [7, 11) is 0. The van der Waals surface area contributed by atoms with Gasteiger partial charge in [0, 0.05) is 48.0 Å². The van der Waals surface area contributed by atoms with E-state index in [0.717, 1.165) is 49.1 Å². The minimum absolute atomic E-state index is 0.572. The Balaban J connectivity index is 1.25. The predicted octanol–water partition coefficient (Wildman–Crippen LogP) is 5.47. The predicted molar refractivity (Wildman–Crippen MR) is 127 cm³/mol. The first kappa shape index (κ1) is 19.4. The number of hydrogen-bond donors (Lipinski definition) is 2. The second-order valence-electron chi connectivity index (χ2n) is 8.27. The number of aromatic amines is 1. The van der Waals surface area contributed by atoms with Gasteiger partial charge in [-0.15, -0.1) is 0 Å². The number of nitrogens with one attached hydrogen (secondary N) is 2. The van der Waals surface area contributed by atoms with Crippen LogP contribution in [0.2, 0.25) is 0 Å². The van der Waals surface area contributed by atoms with Crippen LogP contribution in [0.25, 0.3) is 22.2 Å². The van der Waals surface area contributed by atoms with Gasteiger partial charge in [-0.3, -0.25) is 0 Å². The van der Waals surface area contributed by atoms with E-state index in [4.69, 9.17) is 5.26 Å². The third kappa shape index (κ3) is 4.33. The zero-order chi connectivity index (χ0) is 21.0. The number of rotatable bonds is 5. The van der Waals surface area contributed by atoms with E-state index in [-0.39, 0.29) is 0 Å². The topological polar surface area (TPSA) is 54.9 Å². The van der Waals surface area contributed by atoms with Gasteiger partial charge < -0.3 is 15.2 Å². The molecule has 31 heavy (non-hydrogen) atoms. The Morgan fingerprint density at radius 2 is 1.77 bits per heavy atom. The van der Waals surface area contributed by atoms with E-state index < -0.39 is 0 Å². The number of fused-ring (bicyclic) bond motifs is 1. The number of piperidine rings is 1. The molecule has 0 radical (unpaired) electrons. The number of hydrogen-bond acceptors (Lipinski definition) is 3. The Labute approximate surface area is 183 Å². The molecule has 4 aromatic rings. The van der Waals surface area contributed by atoms with Crippen LogP contribution in [-0.2, 0) is 6.54 Å². The van der Waals surface area contributed by atoms with Gasteiger partial charge in [-0.2, -0.15) is 5.26 Å². The highest BCUT2D eigenvalue weighted by Gasteiger charge is 2.19. The van der Waals surface area contributed by atoms with Crippen LogP contribution in [0.3, 0.4) is 0 Å². The molecule has 1 aromatic heterocycles. The molecular weight excluding hydrogens is 380 g/mol. The molecule has 4 nitrogen and oxygen atoms in total. The molecule has 4 heteroatoms. The van der Waals surface area contributed by atoms with Crippen LogP contribution in [0, 0.1) is 11.3 Å². The zero-order valence-corrected chi connectivity index (χ0v) is 17.5. The third-order valence-electron chi connectivity index (χ3n) is 6.20. The molecule has 0 aliphatic carbocycles. The maximum Gasteiger partial charge on any atom is 0.0991 e. The van der Waals surface area contributed by atoms with Gasteiger partial charge >= 0.3 is 0 Å². The summed E-state index contributed by atoms with van der Waals surface area (Å²) in [6, 6.07) is 30.1. The van der Waals surface area contributed by atoms with Crippen LogP contribution in [0.4, 0.5) is 5.69 Å². The molecule has 154 valence electrons. The first-order chi connectivity index (χ1) is 15.3. The van der Waals surface area contributed by atoms with E-state index in [9.17, 15) is 0 Å². The third-order valence-corrected chi connectivity index (χ3v) is 6.20. The van der Waals surface area contributed by atoms with E-state index in [2.05, 4.69) is 81.9 Å². The van der Waals surface area contributed by atoms with Crippen molar-refractivity contribution in [1.82, 2.24) is 10.3 Å². The second kappa shape index (κ2) is 8.67. The maximum absolute atomic E-state index is 9.14. The molecule has 0 unspecified atom stereocenters. The second-order valence-corrected chi connectivity index (χ2v) is 8.27. The van der Waals surface area contributed by atoms with Crippen molar-refractivity contribution >= 4 is 16.6 Å². The molecule has 2 N–H and O–H groups in total. The van der Waals surface area contributed by atoms with Crippen LogP contribution in [0.15, 0.2) is 78.9 Å². The van der Waals surface area contributed by atoms with Crippen molar-refractivity contribution in [2.45, 2.75) is 25.4 Å². The van der Waals surface area contributed by atoms with Gasteiger partial charge in [0.15, 0.2) is 0 Å². The number of nitriles is 1. The molecule has 3 aromatic carbocycles. The monoisotopic (exact) mass is 406 g/mol. The van der Waals surface area contributed by atoms with Crippen molar-refractivity contribution in [3.8, 4) is 17.3 Å². The van der Waals surface area contributed by atoms with Gasteiger partial charge in [-0.05, 0) is 60.4 Å². The van der Waals surface area contributed by atoms with Crippen LogP contribution in [-0.4, -0.2) is 24.1 Å². The Morgan fingerprint density at radius 1 is 0.935 bits per heavy atom. The number of benzene rings is 3. The van der Waals surface area contributed by atoms with Crippen molar-refractivity contribution in [3.63, 3.8) is 0 Å². The Hall–Kier alpha value is -3.55. The smallest absolute Gasteiger partial charge is 0.0991 e. The lowest BCUT2D eigenvalue weighted by atomic mass is 10.0. The summed E-state index contributed by atoms with van der Waals surface area (Å²) in [6.45, 7) is 3.07. The molecule has 0 bridgehead atoms. The Kier molecular flexibility index (Phi) is 5.43. The quantitative estimate of drug-likeness (QED) is 0.462. The first-order valence-corrected chi connectivity index (χ1v) is 10.9. The summed E-state index contributed by atoms with van der Waals surface area (Å²) in [4.78, 5) is 5.98. The number of aromatic nitrogens is 1.